The summed E-state index contributed by atoms with van der Waals surface area (Å²) in [5.74, 6) is -2.42. The van der Waals surface area contributed by atoms with E-state index in [0.29, 0.717) is 22.4 Å². The zero-order chi connectivity index (χ0) is 34.9. The highest BCUT2D eigenvalue weighted by atomic mass is 16.7. The largest absolute Gasteiger partial charge is 0.465 e. The number of benzene rings is 2. The highest BCUT2D eigenvalue weighted by Crippen LogP contribution is 2.44. The third kappa shape index (κ3) is 6.32. The van der Waals surface area contributed by atoms with Crippen molar-refractivity contribution in [1.29, 1.82) is 5.26 Å². The number of fused-ring (bicyclic) bond motifs is 2. The molecule has 0 N–H and O–H groups in total. The molecule has 0 bridgehead atoms. The Bertz CT molecular complexity index is 1990. The molecule has 2 aliphatic rings. The van der Waals surface area contributed by atoms with Gasteiger partial charge in [0, 0.05) is 39.2 Å². The van der Waals surface area contributed by atoms with E-state index in [4.69, 9.17) is 23.7 Å². The van der Waals surface area contributed by atoms with E-state index in [9.17, 15) is 24.4 Å². The van der Waals surface area contributed by atoms with Gasteiger partial charge in [-0.05, 0) is 35.2 Å². The molecule has 3 heterocycles. The zero-order valence-electron chi connectivity index (χ0n) is 27.2. The SMILES string of the molecule is CCOC(=O)C1(C#N)Cc2cc(-c3ccccc3)c(-c3ncnc4c3ncn4[C@@H]3O[C@H](COC(C)=O)[C@@H](OC(C)=O)[C@H]3OC(C)=O)cc2C1. The van der Waals surface area contributed by atoms with Crippen LogP contribution in [0.15, 0.2) is 55.1 Å². The van der Waals surface area contributed by atoms with Gasteiger partial charge in [-0.15, -0.1) is 0 Å². The number of carbonyl (C=O) groups excluding carboxylic acids is 4. The minimum atomic E-state index is -1.35. The number of nitrogens with zero attached hydrogens (tertiary/aromatic N) is 5. The molecule has 14 heteroatoms. The molecule has 14 nitrogen and oxygen atoms in total. The predicted molar refractivity (Wildman–Crippen MR) is 170 cm³/mol. The number of esters is 4. The van der Waals surface area contributed by atoms with Crippen molar-refractivity contribution in [3.05, 3.63) is 66.2 Å². The van der Waals surface area contributed by atoms with Crippen molar-refractivity contribution >= 4 is 35.0 Å². The van der Waals surface area contributed by atoms with Gasteiger partial charge in [0.1, 0.15) is 30.2 Å². The molecule has 2 aromatic heterocycles. The number of carbonyl (C=O) groups is 4. The van der Waals surface area contributed by atoms with Gasteiger partial charge in [0.2, 0.25) is 0 Å². The smallest absolute Gasteiger partial charge is 0.327 e. The molecule has 1 unspecified atom stereocenters. The molecular weight excluding hydrogens is 634 g/mol. The summed E-state index contributed by atoms with van der Waals surface area (Å²) < 4.78 is 29.4. The lowest BCUT2D eigenvalue weighted by Gasteiger charge is -2.23. The summed E-state index contributed by atoms with van der Waals surface area (Å²) in [7, 11) is 0. The maximum atomic E-state index is 13.0. The average Bonchev–Trinajstić information content (AvgIpc) is 3.77. The van der Waals surface area contributed by atoms with Crippen LogP contribution in [0.4, 0.5) is 0 Å². The Labute approximate surface area is 280 Å². The highest BCUT2D eigenvalue weighted by Gasteiger charge is 2.51. The third-order valence-electron chi connectivity index (χ3n) is 8.52. The topological polar surface area (TPSA) is 182 Å². The quantitative estimate of drug-likeness (QED) is 0.186. The van der Waals surface area contributed by atoms with Crippen molar-refractivity contribution in [2.24, 2.45) is 5.41 Å². The second kappa shape index (κ2) is 13.4. The van der Waals surface area contributed by atoms with Gasteiger partial charge in [-0.25, -0.2) is 15.0 Å². The van der Waals surface area contributed by atoms with Crippen LogP contribution in [0.3, 0.4) is 0 Å². The molecule has 1 aliphatic carbocycles. The lowest BCUT2D eigenvalue weighted by Crippen LogP contribution is -2.40. The molecular formula is C35H33N5O9. The van der Waals surface area contributed by atoms with Gasteiger partial charge in [0.15, 0.2) is 29.5 Å². The number of nitriles is 1. The van der Waals surface area contributed by atoms with Crippen LogP contribution in [0.1, 0.15) is 45.0 Å². The third-order valence-corrected chi connectivity index (χ3v) is 8.52. The van der Waals surface area contributed by atoms with Crippen molar-refractivity contribution < 1.29 is 42.9 Å². The number of hydrogen-bond acceptors (Lipinski definition) is 13. The predicted octanol–water partition coefficient (Wildman–Crippen LogP) is 3.66. The van der Waals surface area contributed by atoms with Gasteiger partial charge < -0.3 is 23.7 Å². The van der Waals surface area contributed by atoms with Crippen LogP contribution in [0.25, 0.3) is 33.5 Å². The number of aromatic nitrogens is 4. The van der Waals surface area contributed by atoms with E-state index >= 15 is 0 Å². The van der Waals surface area contributed by atoms with Crippen LogP contribution in [0, 0.1) is 16.7 Å². The summed E-state index contributed by atoms with van der Waals surface area (Å²) in [6.45, 7) is 5.27. The van der Waals surface area contributed by atoms with E-state index in [1.807, 2.05) is 42.5 Å². The van der Waals surface area contributed by atoms with Gasteiger partial charge >= 0.3 is 23.9 Å². The first-order valence-electron chi connectivity index (χ1n) is 15.7. The standard InChI is InChI=1S/C35H33N5O9/c1-5-45-34(44)35(16-36)13-23-11-25(22-9-7-6-8-10-22)26(12-24(23)14-35)28-29-32(38-17-37-28)40(18-39-29)33-31(48-21(4)43)30(47-20(3)42)27(49-33)15-46-19(2)41/h6-12,17-18,27,30-31,33H,5,13-15H2,1-4H3/t27-,30-,31-,33-,35?/m1/s1. The van der Waals surface area contributed by atoms with E-state index < -0.39 is 53.8 Å². The molecule has 4 aromatic rings. The summed E-state index contributed by atoms with van der Waals surface area (Å²) in [6, 6.07) is 15.8. The molecule has 1 aliphatic heterocycles. The molecule has 1 fully saturated rings. The van der Waals surface area contributed by atoms with Crippen LogP contribution in [-0.4, -0.2) is 74.9 Å². The minimum Gasteiger partial charge on any atom is -0.465 e. The van der Waals surface area contributed by atoms with Crippen molar-refractivity contribution in [2.75, 3.05) is 13.2 Å². The lowest BCUT2D eigenvalue weighted by atomic mass is 9.86. The van der Waals surface area contributed by atoms with Gasteiger partial charge in [-0.2, -0.15) is 5.26 Å². The molecule has 252 valence electrons. The Morgan fingerprint density at radius 2 is 1.59 bits per heavy atom. The first kappa shape index (κ1) is 33.2. The summed E-state index contributed by atoms with van der Waals surface area (Å²) in [6.07, 6.45) is -1.08. The van der Waals surface area contributed by atoms with E-state index in [0.717, 1.165) is 22.3 Å². The molecule has 5 atom stereocenters. The van der Waals surface area contributed by atoms with E-state index in [-0.39, 0.29) is 26.1 Å². The van der Waals surface area contributed by atoms with Crippen molar-refractivity contribution in [2.45, 2.75) is 65.1 Å². The average molecular weight is 668 g/mol. The minimum absolute atomic E-state index is 0.163. The molecule has 1 saturated heterocycles. The molecule has 6 rings (SSSR count). The Balaban J connectivity index is 1.47. The second-order valence-corrected chi connectivity index (χ2v) is 11.9. The summed E-state index contributed by atoms with van der Waals surface area (Å²) in [5, 5.41) is 10.1. The van der Waals surface area contributed by atoms with Gasteiger partial charge in [-0.1, -0.05) is 36.4 Å². The maximum absolute atomic E-state index is 13.0. The first-order chi connectivity index (χ1) is 23.5. The number of imidazole rings is 1. The van der Waals surface area contributed by atoms with Gasteiger partial charge in [0.25, 0.3) is 0 Å². The molecule has 0 spiro atoms. The Morgan fingerprint density at radius 1 is 0.918 bits per heavy atom. The Hall–Kier alpha value is -5.68. The van der Waals surface area contributed by atoms with Gasteiger partial charge in [0.05, 0.1) is 19.0 Å². The van der Waals surface area contributed by atoms with Crippen molar-refractivity contribution in [3.63, 3.8) is 0 Å². The van der Waals surface area contributed by atoms with Crippen molar-refractivity contribution in [3.8, 4) is 28.5 Å². The first-order valence-corrected chi connectivity index (χ1v) is 15.7. The Kier molecular flexibility index (Phi) is 9.11. The van der Waals surface area contributed by atoms with Crippen LogP contribution in [0.2, 0.25) is 0 Å². The number of rotatable bonds is 9. The second-order valence-electron chi connectivity index (χ2n) is 11.9. The molecule has 0 saturated carbocycles. The molecule has 0 radical (unpaired) electrons. The summed E-state index contributed by atoms with van der Waals surface area (Å²) in [5.41, 5.74) is 3.85. The number of hydrogen-bond donors (Lipinski definition) is 0. The zero-order valence-corrected chi connectivity index (χ0v) is 27.2. The van der Waals surface area contributed by atoms with E-state index in [2.05, 4.69) is 21.0 Å². The molecule has 49 heavy (non-hydrogen) atoms. The van der Waals surface area contributed by atoms with Crippen molar-refractivity contribution in [1.82, 2.24) is 19.5 Å². The fraction of sp³-hybridized carbons (Fsp3) is 0.371. The van der Waals surface area contributed by atoms with E-state index in [1.54, 1.807) is 11.5 Å². The maximum Gasteiger partial charge on any atom is 0.327 e. The highest BCUT2D eigenvalue weighted by molar-refractivity contribution is 5.95. The lowest BCUT2D eigenvalue weighted by molar-refractivity contribution is -0.166. The van der Waals surface area contributed by atoms with Gasteiger partial charge in [-0.3, -0.25) is 23.7 Å². The summed E-state index contributed by atoms with van der Waals surface area (Å²) >= 11 is 0. The normalized spacial score (nSPS) is 22.6. The fourth-order valence-electron chi connectivity index (χ4n) is 6.47. The number of ether oxygens (including phenoxy) is 5. The molecule has 0 amide bonds. The Morgan fingerprint density at radius 3 is 2.22 bits per heavy atom. The van der Waals surface area contributed by atoms with Crippen LogP contribution < -0.4 is 0 Å². The fourth-order valence-corrected chi connectivity index (χ4v) is 6.47. The van der Waals surface area contributed by atoms with E-state index in [1.165, 1.54) is 33.4 Å². The van der Waals surface area contributed by atoms with Crippen LogP contribution in [0.5, 0.6) is 0 Å². The monoisotopic (exact) mass is 667 g/mol. The summed E-state index contributed by atoms with van der Waals surface area (Å²) in [4.78, 5) is 62.7. The van der Waals surface area contributed by atoms with Crippen LogP contribution in [-0.2, 0) is 55.7 Å². The van der Waals surface area contributed by atoms with Crippen LogP contribution >= 0.6 is 0 Å². The molecule has 2 aromatic carbocycles.